The Hall–Kier alpha value is -4.26. The number of ether oxygens (including phenoxy) is 2. The van der Waals surface area contributed by atoms with Gasteiger partial charge in [-0.1, -0.05) is 24.3 Å². The van der Waals surface area contributed by atoms with Gasteiger partial charge in [0.1, 0.15) is 17.3 Å². The highest BCUT2D eigenvalue weighted by atomic mass is 16.5. The molecule has 0 amide bonds. The van der Waals surface area contributed by atoms with Crippen molar-refractivity contribution in [3.63, 3.8) is 0 Å². The highest BCUT2D eigenvalue weighted by Gasteiger charge is 2.14. The smallest absolute Gasteiger partial charge is 0.221 e. The van der Waals surface area contributed by atoms with Crippen LogP contribution < -0.4 is 20.5 Å². The third kappa shape index (κ3) is 3.85. The van der Waals surface area contributed by atoms with Gasteiger partial charge in [0.2, 0.25) is 5.95 Å². The van der Waals surface area contributed by atoms with E-state index in [9.17, 15) is 0 Å². The fraction of sp³-hybridized carbons (Fsp3) is 0.185. The van der Waals surface area contributed by atoms with Crippen LogP contribution >= 0.6 is 0 Å². The van der Waals surface area contributed by atoms with E-state index in [0.29, 0.717) is 12.2 Å². The first-order valence-electron chi connectivity index (χ1n) is 11.2. The molecule has 34 heavy (non-hydrogen) atoms. The van der Waals surface area contributed by atoms with Gasteiger partial charge < -0.3 is 25.1 Å². The van der Waals surface area contributed by atoms with Crippen LogP contribution in [0.2, 0.25) is 0 Å². The van der Waals surface area contributed by atoms with Gasteiger partial charge in [-0.15, -0.1) is 0 Å². The van der Waals surface area contributed by atoms with Crippen molar-refractivity contribution in [2.75, 3.05) is 25.3 Å². The van der Waals surface area contributed by atoms with E-state index in [1.54, 1.807) is 20.4 Å². The molecule has 0 aliphatic rings. The number of hydrogen-bond acceptors (Lipinski definition) is 6. The Morgan fingerprint density at radius 1 is 0.912 bits per heavy atom. The van der Waals surface area contributed by atoms with Crippen LogP contribution in [0.5, 0.6) is 11.5 Å². The summed E-state index contributed by atoms with van der Waals surface area (Å²) in [6.07, 6.45) is 2.34. The number of nitrogens with one attached hydrogen (secondary N) is 1. The van der Waals surface area contributed by atoms with Gasteiger partial charge in [0.05, 0.1) is 14.2 Å². The van der Waals surface area contributed by atoms with E-state index in [0.717, 1.165) is 34.9 Å². The molecule has 5 aromatic rings. The molecule has 0 atom stereocenters. The highest BCUT2D eigenvalue weighted by molar-refractivity contribution is 6.09. The molecule has 172 valence electrons. The minimum atomic E-state index is 0.219. The maximum atomic E-state index is 5.95. The van der Waals surface area contributed by atoms with Crippen molar-refractivity contribution in [3.05, 3.63) is 78.0 Å². The molecule has 0 aliphatic carbocycles. The number of rotatable bonds is 7. The van der Waals surface area contributed by atoms with Crippen LogP contribution in [-0.4, -0.2) is 28.8 Å². The average molecular weight is 454 g/mol. The Labute approximate surface area is 198 Å². The standard InChI is InChI=1S/C27H27N5O2/c1-4-32-23-8-6-5-7-21(23)22-14-19(10-12-24(22)32)30-26-18(16-29-27(28)31-26)13-17-9-11-20(33-2)15-25(17)34-3/h5-12,14-16H,4,13H2,1-3H3,(H3,28,29,30,31). The van der Waals surface area contributed by atoms with Crippen molar-refractivity contribution >= 4 is 39.3 Å². The van der Waals surface area contributed by atoms with Gasteiger partial charge in [-0.05, 0) is 42.8 Å². The molecule has 2 aromatic heterocycles. The molecule has 0 fully saturated rings. The zero-order chi connectivity index (χ0) is 23.7. The van der Waals surface area contributed by atoms with Crippen molar-refractivity contribution in [2.24, 2.45) is 0 Å². The highest BCUT2D eigenvalue weighted by Crippen LogP contribution is 2.33. The SMILES string of the molecule is CCn1c2ccccc2c2cc(Nc3nc(N)ncc3Cc3ccc(OC)cc3OC)ccc21. The lowest BCUT2D eigenvalue weighted by Gasteiger charge is -2.14. The molecule has 0 saturated carbocycles. The van der Waals surface area contributed by atoms with Crippen LogP contribution in [0.25, 0.3) is 21.8 Å². The number of nitrogens with two attached hydrogens (primary N) is 1. The van der Waals surface area contributed by atoms with Crippen molar-refractivity contribution in [2.45, 2.75) is 19.9 Å². The molecular weight excluding hydrogens is 426 g/mol. The first-order valence-corrected chi connectivity index (χ1v) is 11.2. The molecule has 0 unspecified atom stereocenters. The number of fused-ring (bicyclic) bond motifs is 3. The summed E-state index contributed by atoms with van der Waals surface area (Å²) < 4.78 is 13.2. The van der Waals surface area contributed by atoms with Gasteiger partial charge in [0.25, 0.3) is 0 Å². The Bertz CT molecular complexity index is 1490. The van der Waals surface area contributed by atoms with Crippen LogP contribution in [0, 0.1) is 0 Å². The predicted octanol–water partition coefficient (Wildman–Crippen LogP) is 5.54. The lowest BCUT2D eigenvalue weighted by atomic mass is 10.1. The summed E-state index contributed by atoms with van der Waals surface area (Å²) in [7, 11) is 3.29. The number of nitrogen functional groups attached to an aromatic ring is 1. The van der Waals surface area contributed by atoms with Gasteiger partial charge in [-0.3, -0.25) is 0 Å². The number of aromatic nitrogens is 3. The van der Waals surface area contributed by atoms with Crippen LogP contribution in [0.3, 0.4) is 0 Å². The number of hydrogen-bond donors (Lipinski definition) is 2. The first-order chi connectivity index (χ1) is 16.6. The quantitative estimate of drug-likeness (QED) is 0.337. The topological polar surface area (TPSA) is 87.2 Å². The maximum Gasteiger partial charge on any atom is 0.221 e. The normalized spacial score (nSPS) is 11.1. The largest absolute Gasteiger partial charge is 0.497 e. The third-order valence-corrected chi connectivity index (χ3v) is 6.11. The average Bonchev–Trinajstić information content (AvgIpc) is 3.18. The summed E-state index contributed by atoms with van der Waals surface area (Å²) in [6, 6.07) is 20.7. The summed E-state index contributed by atoms with van der Waals surface area (Å²) in [5.74, 6) is 2.38. The van der Waals surface area contributed by atoms with E-state index >= 15 is 0 Å². The number of benzene rings is 3. The summed E-state index contributed by atoms with van der Waals surface area (Å²) in [5, 5.41) is 5.90. The van der Waals surface area contributed by atoms with Gasteiger partial charge >= 0.3 is 0 Å². The zero-order valence-electron chi connectivity index (χ0n) is 19.5. The molecular formula is C27H27N5O2. The van der Waals surface area contributed by atoms with Crippen LogP contribution in [0.15, 0.2) is 66.9 Å². The Morgan fingerprint density at radius 2 is 1.74 bits per heavy atom. The molecule has 3 N–H and O–H groups in total. The Morgan fingerprint density at radius 3 is 2.53 bits per heavy atom. The first kappa shape index (κ1) is 21.6. The lowest BCUT2D eigenvalue weighted by Crippen LogP contribution is -2.05. The molecule has 2 heterocycles. The zero-order valence-corrected chi connectivity index (χ0v) is 19.5. The van der Waals surface area contributed by atoms with Gasteiger partial charge in [-0.2, -0.15) is 4.98 Å². The predicted molar refractivity (Wildman–Crippen MR) is 137 cm³/mol. The summed E-state index contributed by atoms with van der Waals surface area (Å²) >= 11 is 0. The molecule has 0 aliphatic heterocycles. The van der Waals surface area contributed by atoms with E-state index in [1.165, 1.54) is 21.8 Å². The molecule has 0 spiro atoms. The van der Waals surface area contributed by atoms with Crippen molar-refractivity contribution in [1.82, 2.24) is 14.5 Å². The molecule has 3 aromatic carbocycles. The lowest BCUT2D eigenvalue weighted by molar-refractivity contribution is 0.391. The van der Waals surface area contributed by atoms with Crippen LogP contribution in [-0.2, 0) is 13.0 Å². The fourth-order valence-corrected chi connectivity index (χ4v) is 4.47. The van der Waals surface area contributed by atoms with Crippen molar-refractivity contribution < 1.29 is 9.47 Å². The third-order valence-electron chi connectivity index (χ3n) is 6.11. The summed E-state index contributed by atoms with van der Waals surface area (Å²) in [6.45, 7) is 3.08. The van der Waals surface area contributed by atoms with E-state index in [-0.39, 0.29) is 5.95 Å². The second-order valence-corrected chi connectivity index (χ2v) is 8.07. The molecule has 0 radical (unpaired) electrons. The molecule has 0 saturated heterocycles. The molecule has 5 rings (SSSR count). The maximum absolute atomic E-state index is 5.95. The molecule has 7 nitrogen and oxygen atoms in total. The van der Waals surface area contributed by atoms with Crippen molar-refractivity contribution in [3.8, 4) is 11.5 Å². The number of nitrogens with zero attached hydrogens (tertiary/aromatic N) is 3. The minimum Gasteiger partial charge on any atom is -0.497 e. The number of methoxy groups -OCH3 is 2. The van der Waals surface area contributed by atoms with Crippen molar-refractivity contribution in [1.29, 1.82) is 0 Å². The van der Waals surface area contributed by atoms with E-state index < -0.39 is 0 Å². The van der Waals surface area contributed by atoms with Crippen LogP contribution in [0.4, 0.5) is 17.5 Å². The van der Waals surface area contributed by atoms with Gasteiger partial charge in [0.15, 0.2) is 0 Å². The molecule has 0 bridgehead atoms. The number of para-hydroxylation sites is 1. The van der Waals surface area contributed by atoms with Gasteiger partial charge in [0, 0.05) is 58.3 Å². The van der Waals surface area contributed by atoms with Gasteiger partial charge in [-0.25, -0.2) is 4.98 Å². The second kappa shape index (κ2) is 8.94. The fourth-order valence-electron chi connectivity index (χ4n) is 4.47. The summed E-state index contributed by atoms with van der Waals surface area (Å²) in [5.41, 5.74) is 11.2. The van der Waals surface area contributed by atoms with E-state index in [1.807, 2.05) is 18.2 Å². The number of aryl methyl sites for hydroxylation is 1. The van der Waals surface area contributed by atoms with Crippen LogP contribution in [0.1, 0.15) is 18.1 Å². The second-order valence-electron chi connectivity index (χ2n) is 8.07. The van der Waals surface area contributed by atoms with E-state index in [4.69, 9.17) is 15.2 Å². The Balaban J connectivity index is 1.53. The monoisotopic (exact) mass is 453 g/mol. The summed E-state index contributed by atoms with van der Waals surface area (Å²) in [4.78, 5) is 8.73. The van der Waals surface area contributed by atoms with E-state index in [2.05, 4.69) is 69.2 Å². The number of anilines is 3. The Kier molecular flexibility index (Phi) is 5.67. The minimum absolute atomic E-state index is 0.219. The molecule has 7 heteroatoms.